The summed E-state index contributed by atoms with van der Waals surface area (Å²) in [6.45, 7) is 9.95. The van der Waals surface area contributed by atoms with Gasteiger partial charge in [-0.25, -0.2) is 8.96 Å². The Morgan fingerprint density at radius 1 is 0.400 bits per heavy atom. The monoisotopic (exact) mass is 832 g/mol. The van der Waals surface area contributed by atoms with Gasteiger partial charge in [-0.05, 0) is 36.6 Å². The molecule has 2 aromatic rings. The number of benzene rings is 1. The number of hydrogen-bond acceptors (Lipinski definition) is 1. The summed E-state index contributed by atoms with van der Waals surface area (Å²) in [5.74, 6) is -0.113. The van der Waals surface area contributed by atoms with Crippen molar-refractivity contribution in [2.24, 2.45) is 0 Å². The van der Waals surface area contributed by atoms with Crippen LogP contribution in [0.4, 0.5) is 10.1 Å². The Morgan fingerprint density at radius 3 is 1.07 bits per heavy atom. The standard InChI is InChI=1S/C57H100FN2/c1-4-7-10-12-14-16-18-20-22-24-26-28-30-32-34-36-38-40-49-60(50-41-39-37-35-33-31-29-27-25-23-21-19-17-15-13-11-8-5-2)56-45-44-55(57(58)53-56)43-42-54-46-51-59(52-47-54)48-9-6-3/h42-47,51-53H,4-41,48-50H2,1-3H3/q+1. The molecular formula is C57H100FN2+. The first-order chi connectivity index (χ1) is 29.7. The average molecular weight is 832 g/mol. The molecule has 2 nitrogen and oxygen atoms in total. The number of pyridine rings is 1. The fourth-order valence-corrected chi connectivity index (χ4v) is 8.88. The second-order valence-electron chi connectivity index (χ2n) is 18.8. The van der Waals surface area contributed by atoms with Crippen molar-refractivity contribution in [3.63, 3.8) is 0 Å². The molecule has 0 spiro atoms. The van der Waals surface area contributed by atoms with Crippen LogP contribution in [0.1, 0.15) is 276 Å². The number of halogens is 1. The lowest BCUT2D eigenvalue weighted by Crippen LogP contribution is -2.32. The molecule has 0 aliphatic heterocycles. The highest BCUT2D eigenvalue weighted by Gasteiger charge is 2.10. The quantitative estimate of drug-likeness (QED) is 0.0477. The van der Waals surface area contributed by atoms with Crippen molar-refractivity contribution < 1.29 is 8.96 Å². The maximum atomic E-state index is 15.5. The van der Waals surface area contributed by atoms with Crippen LogP contribution in [0.3, 0.4) is 0 Å². The molecule has 0 bridgehead atoms. The topological polar surface area (TPSA) is 7.12 Å². The van der Waals surface area contributed by atoms with Crippen molar-refractivity contribution >= 4 is 17.8 Å². The van der Waals surface area contributed by atoms with Gasteiger partial charge in [0, 0.05) is 42.9 Å². The lowest BCUT2D eigenvalue weighted by Gasteiger charge is -2.25. The van der Waals surface area contributed by atoms with Crippen molar-refractivity contribution in [3.8, 4) is 0 Å². The van der Waals surface area contributed by atoms with Crippen LogP contribution >= 0.6 is 0 Å². The maximum Gasteiger partial charge on any atom is 0.169 e. The van der Waals surface area contributed by atoms with Crippen LogP contribution in [0.2, 0.25) is 0 Å². The normalized spacial score (nSPS) is 11.7. The third kappa shape index (κ3) is 30.8. The van der Waals surface area contributed by atoms with Crippen LogP contribution in [0.15, 0.2) is 42.7 Å². The first-order valence-electron chi connectivity index (χ1n) is 26.9. The van der Waals surface area contributed by atoms with Gasteiger partial charge in [0.15, 0.2) is 12.4 Å². The number of aromatic nitrogens is 1. The molecule has 60 heavy (non-hydrogen) atoms. The Labute approximate surface area is 374 Å². The zero-order valence-corrected chi connectivity index (χ0v) is 40.5. The third-order valence-corrected chi connectivity index (χ3v) is 13.1. The Morgan fingerprint density at radius 2 is 0.733 bits per heavy atom. The number of nitrogens with zero attached hydrogens (tertiary/aromatic N) is 2. The number of unbranched alkanes of at least 4 members (excludes halogenated alkanes) is 35. The molecule has 0 fully saturated rings. The molecule has 1 aromatic carbocycles. The average Bonchev–Trinajstić information content (AvgIpc) is 3.26. The molecule has 0 saturated carbocycles. The predicted octanol–water partition coefficient (Wildman–Crippen LogP) is 19.0. The van der Waals surface area contributed by atoms with Crippen molar-refractivity contribution in [1.82, 2.24) is 0 Å². The molecule has 1 aromatic heterocycles. The molecule has 344 valence electrons. The highest BCUT2D eigenvalue weighted by molar-refractivity contribution is 5.70. The molecule has 1 heterocycles. The Bertz CT molecular complexity index is 1180. The summed E-state index contributed by atoms with van der Waals surface area (Å²) in [5, 5.41) is 0. The number of aryl methyl sites for hydroxylation is 1. The second kappa shape index (κ2) is 40.9. The highest BCUT2D eigenvalue weighted by Crippen LogP contribution is 2.23. The van der Waals surface area contributed by atoms with Gasteiger partial charge < -0.3 is 4.90 Å². The van der Waals surface area contributed by atoms with E-state index in [4.69, 9.17) is 0 Å². The van der Waals surface area contributed by atoms with E-state index in [1.807, 2.05) is 18.2 Å². The zero-order valence-electron chi connectivity index (χ0n) is 40.5. The largest absolute Gasteiger partial charge is 0.371 e. The smallest absolute Gasteiger partial charge is 0.169 e. The van der Waals surface area contributed by atoms with Gasteiger partial charge in [-0.15, -0.1) is 0 Å². The van der Waals surface area contributed by atoms with E-state index in [9.17, 15) is 0 Å². The van der Waals surface area contributed by atoms with Gasteiger partial charge in [0.1, 0.15) is 12.4 Å². The molecule has 0 aliphatic carbocycles. The summed E-state index contributed by atoms with van der Waals surface area (Å²) in [7, 11) is 0. The van der Waals surface area contributed by atoms with Crippen LogP contribution in [0.5, 0.6) is 0 Å². The number of anilines is 1. The molecular weight excluding hydrogens is 732 g/mol. The maximum absolute atomic E-state index is 15.5. The summed E-state index contributed by atoms with van der Waals surface area (Å²) < 4.78 is 17.8. The fourth-order valence-electron chi connectivity index (χ4n) is 8.88. The lowest BCUT2D eigenvalue weighted by atomic mass is 10.0. The van der Waals surface area contributed by atoms with Crippen LogP contribution in [0.25, 0.3) is 12.2 Å². The molecule has 0 amide bonds. The molecule has 3 heteroatoms. The summed E-state index contributed by atoms with van der Waals surface area (Å²) in [5.41, 5.74) is 2.83. The van der Waals surface area contributed by atoms with E-state index in [1.165, 1.54) is 244 Å². The summed E-state index contributed by atoms with van der Waals surface area (Å²) in [6, 6.07) is 10.2. The molecule has 0 atom stereocenters. The number of rotatable bonds is 44. The number of hydrogen-bond donors (Lipinski definition) is 0. The Kier molecular flexibility index (Phi) is 36.8. The van der Waals surface area contributed by atoms with Crippen LogP contribution in [0, 0.1) is 5.82 Å². The Hall–Kier alpha value is -2.16. The van der Waals surface area contributed by atoms with E-state index in [0.29, 0.717) is 5.56 Å². The van der Waals surface area contributed by atoms with Crippen molar-refractivity contribution in [2.75, 3.05) is 18.0 Å². The minimum Gasteiger partial charge on any atom is -0.371 e. The summed E-state index contributed by atoms with van der Waals surface area (Å²) >= 11 is 0. The van der Waals surface area contributed by atoms with Crippen molar-refractivity contribution in [1.29, 1.82) is 0 Å². The first kappa shape index (κ1) is 54.0. The molecule has 0 N–H and O–H groups in total. The van der Waals surface area contributed by atoms with E-state index < -0.39 is 0 Å². The molecule has 0 radical (unpaired) electrons. The van der Waals surface area contributed by atoms with Gasteiger partial charge in [0.25, 0.3) is 0 Å². The van der Waals surface area contributed by atoms with Gasteiger partial charge in [-0.2, -0.15) is 0 Å². The summed E-state index contributed by atoms with van der Waals surface area (Å²) in [4.78, 5) is 2.49. The predicted molar refractivity (Wildman–Crippen MR) is 267 cm³/mol. The lowest BCUT2D eigenvalue weighted by molar-refractivity contribution is -0.697. The van der Waals surface area contributed by atoms with Gasteiger partial charge in [0.05, 0.1) is 0 Å². The van der Waals surface area contributed by atoms with Gasteiger partial charge in [-0.3, -0.25) is 0 Å². The zero-order chi connectivity index (χ0) is 42.8. The van der Waals surface area contributed by atoms with Crippen molar-refractivity contribution in [3.05, 3.63) is 59.7 Å². The minimum absolute atomic E-state index is 0.113. The summed E-state index contributed by atoms with van der Waals surface area (Å²) in [6.07, 6.45) is 61.0. The van der Waals surface area contributed by atoms with Gasteiger partial charge in [-0.1, -0.05) is 258 Å². The highest BCUT2D eigenvalue weighted by atomic mass is 19.1. The minimum atomic E-state index is -0.113. The SMILES string of the molecule is CCCCCCCCCCCCCCCCCCCCN(CCCCCCCCCCCCCCCCCCCC)c1ccc(C=Cc2cc[n+](CCCC)cc2)c(F)c1. The molecule has 0 unspecified atom stereocenters. The van der Waals surface area contributed by atoms with Crippen LogP contribution < -0.4 is 9.47 Å². The Balaban J connectivity index is 1.67. The van der Waals surface area contributed by atoms with E-state index in [2.05, 4.69) is 60.8 Å². The second-order valence-corrected chi connectivity index (χ2v) is 18.8. The van der Waals surface area contributed by atoms with E-state index in [1.54, 1.807) is 6.07 Å². The van der Waals surface area contributed by atoms with E-state index in [0.717, 1.165) is 30.9 Å². The van der Waals surface area contributed by atoms with E-state index in [-0.39, 0.29) is 5.82 Å². The third-order valence-electron chi connectivity index (χ3n) is 13.1. The molecule has 2 rings (SSSR count). The molecule has 0 saturated heterocycles. The van der Waals surface area contributed by atoms with Crippen molar-refractivity contribution in [2.45, 2.75) is 271 Å². The van der Waals surface area contributed by atoms with Gasteiger partial charge >= 0.3 is 0 Å². The van der Waals surface area contributed by atoms with Crippen LogP contribution in [-0.2, 0) is 6.54 Å². The fraction of sp³-hybridized carbons (Fsp3) is 0.772. The molecule has 0 aliphatic rings. The van der Waals surface area contributed by atoms with E-state index >= 15 is 4.39 Å². The van der Waals surface area contributed by atoms with Crippen LogP contribution in [-0.4, -0.2) is 13.1 Å². The van der Waals surface area contributed by atoms with Gasteiger partial charge in [0.2, 0.25) is 0 Å². The first-order valence-corrected chi connectivity index (χ1v) is 26.9.